The van der Waals surface area contributed by atoms with E-state index in [0.29, 0.717) is 18.6 Å². The number of carbonyl (C=O) groups excluding carboxylic acids is 2. The van der Waals surface area contributed by atoms with Crippen molar-refractivity contribution in [1.29, 1.82) is 0 Å². The summed E-state index contributed by atoms with van der Waals surface area (Å²) in [5.41, 5.74) is 0. The molecule has 4 heteroatoms. The second kappa shape index (κ2) is 3.18. The van der Waals surface area contributed by atoms with Crippen LogP contribution in [0.15, 0.2) is 11.8 Å². The second-order valence-electron chi connectivity index (χ2n) is 2.11. The maximum atomic E-state index is 10.6. The van der Waals surface area contributed by atoms with Gasteiger partial charge < -0.3 is 9.47 Å². The van der Waals surface area contributed by atoms with Crippen molar-refractivity contribution in [3.63, 3.8) is 0 Å². The average molecular weight is 156 g/mol. The molecule has 0 saturated carbocycles. The van der Waals surface area contributed by atoms with Gasteiger partial charge in [-0.15, -0.1) is 0 Å². The van der Waals surface area contributed by atoms with Crippen molar-refractivity contribution in [2.24, 2.45) is 0 Å². The first kappa shape index (κ1) is 7.78. The smallest absolute Gasteiger partial charge is 0.333 e. The summed E-state index contributed by atoms with van der Waals surface area (Å²) in [6.07, 6.45) is 2.03. The molecule has 1 aliphatic heterocycles. The van der Waals surface area contributed by atoms with Crippen LogP contribution >= 0.6 is 0 Å². The molecule has 1 saturated heterocycles. The first-order chi connectivity index (χ1) is 5.22. The number of cyclic esters (lactones) is 1. The van der Waals surface area contributed by atoms with Gasteiger partial charge in [0.15, 0.2) is 0 Å². The Bertz CT molecular complexity index is 216. The summed E-state index contributed by atoms with van der Waals surface area (Å²) in [7, 11) is 1.27. The lowest BCUT2D eigenvalue weighted by molar-refractivity contribution is -0.136. The molecule has 0 atom stereocenters. The van der Waals surface area contributed by atoms with Crippen LogP contribution in [0, 0.1) is 0 Å². The van der Waals surface area contributed by atoms with E-state index in [1.165, 1.54) is 13.2 Å². The van der Waals surface area contributed by atoms with Crippen LogP contribution in [-0.4, -0.2) is 19.0 Å². The number of rotatable bonds is 1. The van der Waals surface area contributed by atoms with Crippen LogP contribution in [0.1, 0.15) is 12.8 Å². The van der Waals surface area contributed by atoms with E-state index in [1.54, 1.807) is 0 Å². The van der Waals surface area contributed by atoms with Gasteiger partial charge in [-0.25, -0.2) is 4.79 Å². The van der Waals surface area contributed by atoms with Crippen molar-refractivity contribution in [2.75, 3.05) is 7.11 Å². The molecular weight excluding hydrogens is 148 g/mol. The molecule has 1 fully saturated rings. The van der Waals surface area contributed by atoms with Crippen molar-refractivity contribution in [1.82, 2.24) is 0 Å². The summed E-state index contributed by atoms with van der Waals surface area (Å²) < 4.78 is 9.00. The third kappa shape index (κ3) is 2.07. The summed E-state index contributed by atoms with van der Waals surface area (Å²) in [5.74, 6) is -0.392. The Hall–Kier alpha value is -1.32. The predicted molar refractivity (Wildman–Crippen MR) is 35.4 cm³/mol. The lowest BCUT2D eigenvalue weighted by Crippen LogP contribution is -1.97. The van der Waals surface area contributed by atoms with Gasteiger partial charge in [0.25, 0.3) is 0 Å². The zero-order valence-electron chi connectivity index (χ0n) is 6.12. The van der Waals surface area contributed by atoms with Crippen molar-refractivity contribution in [3.8, 4) is 0 Å². The molecule has 0 bridgehead atoms. The number of ether oxygens (including phenoxy) is 2. The molecule has 1 aliphatic rings. The molecule has 0 aromatic rings. The van der Waals surface area contributed by atoms with Crippen LogP contribution in [0.4, 0.5) is 0 Å². The van der Waals surface area contributed by atoms with Gasteiger partial charge >= 0.3 is 11.9 Å². The van der Waals surface area contributed by atoms with Gasteiger partial charge in [0, 0.05) is 6.42 Å². The molecule has 0 N–H and O–H groups in total. The quantitative estimate of drug-likeness (QED) is 0.407. The summed E-state index contributed by atoms with van der Waals surface area (Å²) in [6, 6.07) is 0. The van der Waals surface area contributed by atoms with Crippen molar-refractivity contribution in [3.05, 3.63) is 11.8 Å². The first-order valence-electron chi connectivity index (χ1n) is 3.21. The predicted octanol–water partition coefficient (Wildman–Crippen LogP) is 0.380. The molecule has 0 aromatic heterocycles. The summed E-state index contributed by atoms with van der Waals surface area (Å²) in [6.45, 7) is 0. The molecule has 0 aromatic carbocycles. The van der Waals surface area contributed by atoms with Gasteiger partial charge in [0.05, 0.1) is 19.6 Å². The third-order valence-electron chi connectivity index (χ3n) is 1.30. The second-order valence-corrected chi connectivity index (χ2v) is 2.11. The normalized spacial score (nSPS) is 20.1. The summed E-state index contributed by atoms with van der Waals surface area (Å²) >= 11 is 0. The lowest BCUT2D eigenvalue weighted by Gasteiger charge is -1.93. The number of hydrogen-bond donors (Lipinski definition) is 0. The van der Waals surface area contributed by atoms with Gasteiger partial charge in [-0.3, -0.25) is 4.79 Å². The zero-order valence-corrected chi connectivity index (χ0v) is 6.12. The molecule has 1 rings (SSSR count). The zero-order chi connectivity index (χ0) is 8.27. The van der Waals surface area contributed by atoms with Crippen LogP contribution < -0.4 is 0 Å². The van der Waals surface area contributed by atoms with E-state index in [9.17, 15) is 9.59 Å². The highest BCUT2D eigenvalue weighted by Gasteiger charge is 2.17. The molecule has 0 aliphatic carbocycles. The van der Waals surface area contributed by atoms with Crippen LogP contribution in [0.3, 0.4) is 0 Å². The lowest BCUT2D eigenvalue weighted by atomic mass is 10.3. The van der Waals surface area contributed by atoms with Crippen molar-refractivity contribution < 1.29 is 19.1 Å². The highest BCUT2D eigenvalue weighted by atomic mass is 16.5. The van der Waals surface area contributed by atoms with Crippen molar-refractivity contribution in [2.45, 2.75) is 12.8 Å². The van der Waals surface area contributed by atoms with Gasteiger partial charge in [-0.05, 0) is 0 Å². The Morgan fingerprint density at radius 2 is 2.36 bits per heavy atom. The Morgan fingerprint density at radius 1 is 1.64 bits per heavy atom. The number of carbonyl (C=O) groups is 2. The van der Waals surface area contributed by atoms with E-state index in [-0.39, 0.29) is 5.97 Å². The molecule has 0 amide bonds. The van der Waals surface area contributed by atoms with Gasteiger partial charge in [0.2, 0.25) is 0 Å². The van der Waals surface area contributed by atoms with E-state index in [4.69, 9.17) is 0 Å². The van der Waals surface area contributed by atoms with Crippen LogP contribution in [-0.2, 0) is 19.1 Å². The minimum absolute atomic E-state index is 0.292. The van der Waals surface area contributed by atoms with E-state index in [1.807, 2.05) is 0 Å². The summed E-state index contributed by atoms with van der Waals surface area (Å²) in [4.78, 5) is 21.1. The van der Waals surface area contributed by atoms with E-state index < -0.39 is 5.97 Å². The minimum atomic E-state index is -0.491. The van der Waals surface area contributed by atoms with Crippen LogP contribution in [0.5, 0.6) is 0 Å². The van der Waals surface area contributed by atoms with Gasteiger partial charge in [-0.2, -0.15) is 0 Å². The Morgan fingerprint density at radius 3 is 2.82 bits per heavy atom. The molecule has 1 heterocycles. The van der Waals surface area contributed by atoms with Crippen LogP contribution in [0.25, 0.3) is 0 Å². The standard InChI is InChI=1S/C7H8O4/c1-10-7(9)4-5-2-3-6(8)11-5/h4H,2-3H2,1H3/b5-4+. The van der Waals surface area contributed by atoms with Crippen LogP contribution in [0.2, 0.25) is 0 Å². The number of esters is 2. The molecule has 0 radical (unpaired) electrons. The van der Waals surface area contributed by atoms with E-state index >= 15 is 0 Å². The Kier molecular flexibility index (Phi) is 2.25. The molecule has 4 nitrogen and oxygen atoms in total. The fraction of sp³-hybridized carbons (Fsp3) is 0.429. The maximum absolute atomic E-state index is 10.6. The molecular formula is C7H8O4. The fourth-order valence-electron chi connectivity index (χ4n) is 0.766. The molecule has 60 valence electrons. The van der Waals surface area contributed by atoms with Gasteiger partial charge in [-0.1, -0.05) is 0 Å². The average Bonchev–Trinajstić information content (AvgIpc) is 2.35. The van der Waals surface area contributed by atoms with Crippen molar-refractivity contribution >= 4 is 11.9 Å². The molecule has 11 heavy (non-hydrogen) atoms. The van der Waals surface area contributed by atoms with E-state index in [2.05, 4.69) is 9.47 Å². The monoisotopic (exact) mass is 156 g/mol. The van der Waals surface area contributed by atoms with E-state index in [0.717, 1.165) is 0 Å². The number of methoxy groups -OCH3 is 1. The maximum Gasteiger partial charge on any atom is 0.333 e. The SMILES string of the molecule is COC(=O)/C=C1\CCC(=O)O1. The molecule has 0 unspecified atom stereocenters. The topological polar surface area (TPSA) is 52.6 Å². The molecule has 0 spiro atoms. The largest absolute Gasteiger partial charge is 0.466 e. The highest BCUT2D eigenvalue weighted by molar-refractivity contribution is 5.84. The first-order valence-corrected chi connectivity index (χ1v) is 3.21. The number of hydrogen-bond acceptors (Lipinski definition) is 4. The fourth-order valence-corrected chi connectivity index (χ4v) is 0.766. The Labute approximate surface area is 63.8 Å². The van der Waals surface area contributed by atoms with Gasteiger partial charge in [0.1, 0.15) is 5.76 Å². The highest BCUT2D eigenvalue weighted by Crippen LogP contribution is 2.16. The minimum Gasteiger partial charge on any atom is -0.466 e. The third-order valence-corrected chi connectivity index (χ3v) is 1.30. The number of allylic oxidation sites excluding steroid dienone is 1. The Balaban J connectivity index is 2.54. The summed E-state index contributed by atoms with van der Waals surface area (Å²) in [5, 5.41) is 0.